The fraction of sp³-hybridized carbons (Fsp3) is 0.500. The van der Waals surface area contributed by atoms with Gasteiger partial charge >= 0.3 is 35.7 Å². The van der Waals surface area contributed by atoms with E-state index in [1.807, 2.05) is 0 Å². The van der Waals surface area contributed by atoms with Gasteiger partial charge in [-0.3, -0.25) is 20.2 Å². The minimum absolute atomic E-state index is 0.00180. The maximum atomic E-state index is 13.1. The van der Waals surface area contributed by atoms with Crippen molar-refractivity contribution in [1.29, 1.82) is 0 Å². The molecule has 0 amide bonds. The molecule has 0 saturated carbocycles. The Labute approximate surface area is 161 Å². The van der Waals surface area contributed by atoms with E-state index in [0.29, 0.717) is 12.1 Å². The van der Waals surface area contributed by atoms with Crippen LogP contribution in [0.15, 0.2) is 12.1 Å². The number of hydrogen-bond acceptors (Lipinski definition) is 7. The van der Waals surface area contributed by atoms with Crippen LogP contribution in [0.3, 0.4) is 0 Å². The van der Waals surface area contributed by atoms with E-state index in [1.165, 1.54) is 0 Å². The molecule has 16 heteroatoms. The van der Waals surface area contributed by atoms with Gasteiger partial charge in [0.2, 0.25) is 0 Å². The SMILES string of the molecule is CC(C)Cc1cc([N+](=O)[O-])c(OC(=O)OC(F)(F)C(F)(F)C(F)(F)F)c([N+](=O)[O-])c1. The molecule has 0 radical (unpaired) electrons. The van der Waals surface area contributed by atoms with Crippen LogP contribution in [0, 0.1) is 26.1 Å². The molecule has 1 aromatic rings. The van der Waals surface area contributed by atoms with Crippen LogP contribution in [0.1, 0.15) is 19.4 Å². The van der Waals surface area contributed by atoms with Crippen molar-refractivity contribution in [2.24, 2.45) is 5.92 Å². The van der Waals surface area contributed by atoms with Gasteiger partial charge in [0.1, 0.15) is 0 Å². The van der Waals surface area contributed by atoms with Crippen LogP contribution in [0.4, 0.5) is 46.9 Å². The number of hydrogen-bond donors (Lipinski definition) is 0. The lowest BCUT2D eigenvalue weighted by Crippen LogP contribution is -2.54. The largest absolute Gasteiger partial charge is 0.519 e. The molecule has 0 aliphatic heterocycles. The third-order valence-corrected chi connectivity index (χ3v) is 3.27. The van der Waals surface area contributed by atoms with Gasteiger partial charge in [-0.25, -0.2) is 4.79 Å². The first-order chi connectivity index (χ1) is 13.4. The summed E-state index contributed by atoms with van der Waals surface area (Å²) in [5.74, 6) is -8.60. The molecule has 0 saturated heterocycles. The Hall–Kier alpha value is -3.20. The van der Waals surface area contributed by atoms with E-state index < -0.39 is 51.3 Å². The number of benzene rings is 1. The van der Waals surface area contributed by atoms with Gasteiger partial charge in [0.25, 0.3) is 5.75 Å². The molecule has 0 N–H and O–H groups in total. The highest BCUT2D eigenvalue weighted by atomic mass is 19.4. The van der Waals surface area contributed by atoms with Crippen LogP contribution in [0.2, 0.25) is 0 Å². The number of carbonyl (C=O) groups is 1. The summed E-state index contributed by atoms with van der Waals surface area (Å²) in [4.78, 5) is 31.0. The van der Waals surface area contributed by atoms with Crippen molar-refractivity contribution in [3.8, 4) is 5.75 Å². The first-order valence-electron chi connectivity index (χ1n) is 7.59. The third kappa shape index (κ3) is 5.24. The average Bonchev–Trinajstić information content (AvgIpc) is 2.52. The molecule has 0 aliphatic rings. The van der Waals surface area contributed by atoms with Crippen LogP contribution in [-0.2, 0) is 11.2 Å². The molecule has 0 fully saturated rings. The zero-order valence-electron chi connectivity index (χ0n) is 14.8. The van der Waals surface area contributed by atoms with Gasteiger partial charge in [-0.2, -0.15) is 30.7 Å². The van der Waals surface area contributed by atoms with Crippen molar-refractivity contribution < 1.29 is 54.8 Å². The highest BCUT2D eigenvalue weighted by Crippen LogP contribution is 2.47. The molecule has 0 aromatic heterocycles. The first kappa shape index (κ1) is 24.8. The summed E-state index contributed by atoms with van der Waals surface area (Å²) >= 11 is 0. The Morgan fingerprint density at radius 3 is 1.77 bits per heavy atom. The molecular weight excluding hydrogens is 441 g/mol. The van der Waals surface area contributed by atoms with Crippen molar-refractivity contribution in [3.05, 3.63) is 37.9 Å². The number of rotatable bonds is 7. The zero-order valence-corrected chi connectivity index (χ0v) is 14.8. The second-order valence-corrected chi connectivity index (χ2v) is 6.12. The van der Waals surface area contributed by atoms with E-state index >= 15 is 0 Å². The number of halogens is 7. The van der Waals surface area contributed by atoms with Crippen molar-refractivity contribution in [2.75, 3.05) is 0 Å². The molecular formula is C14H11F7N2O7. The number of carbonyl (C=O) groups excluding carboxylic acids is 1. The number of alkyl halides is 7. The molecule has 1 aromatic carbocycles. The molecule has 9 nitrogen and oxygen atoms in total. The van der Waals surface area contributed by atoms with E-state index in [-0.39, 0.29) is 17.9 Å². The van der Waals surface area contributed by atoms with Gasteiger partial charge in [0.05, 0.1) is 9.85 Å². The Morgan fingerprint density at radius 1 is 1.00 bits per heavy atom. The summed E-state index contributed by atoms with van der Waals surface area (Å²) in [6.07, 6.45) is -16.2. The molecule has 0 aliphatic carbocycles. The fourth-order valence-electron chi connectivity index (χ4n) is 2.06. The van der Waals surface area contributed by atoms with E-state index in [9.17, 15) is 55.8 Å². The summed E-state index contributed by atoms with van der Waals surface area (Å²) in [6.45, 7) is 3.28. The highest BCUT2D eigenvalue weighted by molar-refractivity contribution is 5.72. The summed E-state index contributed by atoms with van der Waals surface area (Å²) < 4.78 is 94.5. The summed E-state index contributed by atoms with van der Waals surface area (Å²) in [6, 6.07) is 1.36. The van der Waals surface area contributed by atoms with Gasteiger partial charge in [-0.1, -0.05) is 13.8 Å². The van der Waals surface area contributed by atoms with Crippen LogP contribution >= 0.6 is 0 Å². The second-order valence-electron chi connectivity index (χ2n) is 6.12. The summed E-state index contributed by atoms with van der Waals surface area (Å²) in [7, 11) is 0. The minimum Gasteiger partial charge on any atom is -0.380 e. The Balaban J connectivity index is 3.36. The van der Waals surface area contributed by atoms with Crippen molar-refractivity contribution in [2.45, 2.75) is 38.5 Å². The molecule has 1 rings (SSSR count). The lowest BCUT2D eigenvalue weighted by atomic mass is 10.0. The molecule has 0 bridgehead atoms. The molecule has 30 heavy (non-hydrogen) atoms. The average molecular weight is 452 g/mol. The maximum absolute atomic E-state index is 13.1. The number of nitro groups is 2. The van der Waals surface area contributed by atoms with E-state index in [2.05, 4.69) is 9.47 Å². The Kier molecular flexibility index (Phi) is 6.85. The fourth-order valence-corrected chi connectivity index (χ4v) is 2.06. The molecule has 0 unspecified atom stereocenters. The minimum atomic E-state index is -6.85. The van der Waals surface area contributed by atoms with Gasteiger partial charge < -0.3 is 9.47 Å². The number of nitro benzene ring substituents is 2. The maximum Gasteiger partial charge on any atom is 0.519 e. The Morgan fingerprint density at radius 2 is 1.43 bits per heavy atom. The lowest BCUT2D eigenvalue weighted by molar-refractivity contribution is -0.411. The first-order valence-corrected chi connectivity index (χ1v) is 7.59. The highest BCUT2D eigenvalue weighted by Gasteiger charge is 2.76. The molecule has 0 atom stereocenters. The number of nitrogens with zero attached hydrogens (tertiary/aromatic N) is 2. The summed E-state index contributed by atoms with van der Waals surface area (Å²) in [5.41, 5.74) is -2.61. The standard InChI is InChI=1S/C14H11F7N2O7/c1-6(2)3-7-4-8(22(25)26)10(9(5-7)23(27)28)29-11(24)30-14(20,21)12(15,16)13(17,18)19/h4-6H,3H2,1-2H3. The van der Waals surface area contributed by atoms with Crippen molar-refractivity contribution >= 4 is 17.5 Å². The lowest BCUT2D eigenvalue weighted by Gasteiger charge is -2.26. The predicted octanol–water partition coefficient (Wildman–Crippen LogP) is 5.01. The van der Waals surface area contributed by atoms with Crippen LogP contribution < -0.4 is 4.74 Å². The van der Waals surface area contributed by atoms with E-state index in [1.54, 1.807) is 13.8 Å². The van der Waals surface area contributed by atoms with Gasteiger partial charge in [0, 0.05) is 12.1 Å². The van der Waals surface area contributed by atoms with Crippen LogP contribution in [-0.4, -0.2) is 34.2 Å². The quantitative estimate of drug-likeness (QED) is 0.187. The summed E-state index contributed by atoms with van der Waals surface area (Å²) in [5, 5.41) is 22.3. The third-order valence-electron chi connectivity index (χ3n) is 3.27. The zero-order chi connectivity index (χ0) is 23.7. The van der Waals surface area contributed by atoms with Gasteiger partial charge in [0.15, 0.2) is 0 Å². The van der Waals surface area contributed by atoms with E-state index in [4.69, 9.17) is 0 Å². The monoisotopic (exact) mass is 452 g/mol. The van der Waals surface area contributed by atoms with Crippen LogP contribution in [0.25, 0.3) is 0 Å². The number of ether oxygens (including phenoxy) is 2. The predicted molar refractivity (Wildman–Crippen MR) is 81.4 cm³/mol. The van der Waals surface area contributed by atoms with Crippen molar-refractivity contribution in [1.82, 2.24) is 0 Å². The topological polar surface area (TPSA) is 122 Å². The van der Waals surface area contributed by atoms with Crippen LogP contribution in [0.5, 0.6) is 5.75 Å². The molecule has 0 spiro atoms. The van der Waals surface area contributed by atoms with Crippen molar-refractivity contribution in [3.63, 3.8) is 0 Å². The second kappa shape index (κ2) is 8.27. The molecule has 168 valence electrons. The van der Waals surface area contributed by atoms with Gasteiger partial charge in [-0.15, -0.1) is 0 Å². The smallest absolute Gasteiger partial charge is 0.380 e. The molecule has 0 heterocycles. The Bertz CT molecular complexity index is 821. The van der Waals surface area contributed by atoms with E-state index in [0.717, 1.165) is 0 Å². The van der Waals surface area contributed by atoms with Gasteiger partial charge in [-0.05, 0) is 17.9 Å². The normalized spacial score (nSPS) is 12.6.